The Morgan fingerprint density at radius 1 is 1.18 bits per heavy atom. The van der Waals surface area contributed by atoms with Crippen LogP contribution >= 0.6 is 12.6 Å². The topological polar surface area (TPSA) is 0 Å². The van der Waals surface area contributed by atoms with E-state index in [0.717, 1.165) is 31.8 Å². The first-order valence-electron chi connectivity index (χ1n) is 12.2. The lowest BCUT2D eigenvalue weighted by Gasteiger charge is -2.26. The highest BCUT2D eigenvalue weighted by Gasteiger charge is 2.26. The van der Waals surface area contributed by atoms with Gasteiger partial charge in [0.2, 0.25) is 0 Å². The molecule has 33 heavy (non-hydrogen) atoms. The second kappa shape index (κ2) is 14.0. The van der Waals surface area contributed by atoms with Crippen LogP contribution in [0, 0.1) is 11.8 Å². The predicted octanol–water partition coefficient (Wildman–Crippen LogP) is 9.44. The van der Waals surface area contributed by atoms with Crippen molar-refractivity contribution in [3.63, 3.8) is 0 Å². The number of halogens is 4. The third-order valence-electron chi connectivity index (χ3n) is 6.50. The Hall–Kier alpha value is -1.49. The van der Waals surface area contributed by atoms with Crippen molar-refractivity contribution in [1.29, 1.82) is 0 Å². The Labute approximate surface area is 202 Å². The summed E-state index contributed by atoms with van der Waals surface area (Å²) in [7, 11) is 0. The lowest BCUT2D eigenvalue weighted by atomic mass is 9.83. The van der Waals surface area contributed by atoms with E-state index in [4.69, 9.17) is 0 Å². The van der Waals surface area contributed by atoms with Gasteiger partial charge in [-0.2, -0.15) is 12.6 Å². The maximum Gasteiger partial charge on any atom is 0.120 e. The highest BCUT2D eigenvalue weighted by molar-refractivity contribution is 7.80. The van der Waals surface area contributed by atoms with Gasteiger partial charge >= 0.3 is 0 Å². The molecule has 0 aliphatic heterocycles. The van der Waals surface area contributed by atoms with Gasteiger partial charge in [-0.25, -0.2) is 17.6 Å². The zero-order valence-corrected chi connectivity index (χ0v) is 20.9. The molecule has 0 bridgehead atoms. The van der Waals surface area contributed by atoms with E-state index < -0.39 is 29.9 Å². The number of allylic oxidation sites excluding steroid dienone is 12. The average molecular weight is 483 g/mol. The van der Waals surface area contributed by atoms with Crippen LogP contribution in [0.2, 0.25) is 0 Å². The molecule has 0 saturated heterocycles. The minimum Gasteiger partial charge on any atom is -0.243 e. The van der Waals surface area contributed by atoms with Crippen LogP contribution in [-0.4, -0.2) is 17.6 Å². The smallest absolute Gasteiger partial charge is 0.120 e. The Balaban J connectivity index is 2.17. The van der Waals surface area contributed by atoms with Crippen LogP contribution in [0.25, 0.3) is 0 Å². The number of alkyl halides is 2. The lowest BCUT2D eigenvalue weighted by molar-refractivity contribution is 0.333. The summed E-state index contributed by atoms with van der Waals surface area (Å²) in [5, 5.41) is 0.478. The highest BCUT2D eigenvalue weighted by atomic mass is 32.1. The maximum absolute atomic E-state index is 15.2. The Kier molecular flexibility index (Phi) is 11.8. The van der Waals surface area contributed by atoms with Gasteiger partial charge in [0.05, 0.1) is 5.83 Å². The maximum atomic E-state index is 15.2. The van der Waals surface area contributed by atoms with Crippen molar-refractivity contribution in [1.82, 2.24) is 0 Å². The van der Waals surface area contributed by atoms with Gasteiger partial charge in [-0.15, -0.1) is 0 Å². The molecular weight excluding hydrogens is 444 g/mol. The minimum absolute atomic E-state index is 0.120. The molecule has 5 heteroatoms. The number of hydrogen-bond acceptors (Lipinski definition) is 1. The van der Waals surface area contributed by atoms with E-state index in [1.54, 1.807) is 13.8 Å². The van der Waals surface area contributed by atoms with Crippen molar-refractivity contribution in [2.45, 2.75) is 89.7 Å². The number of thiol groups is 1. The van der Waals surface area contributed by atoms with Crippen LogP contribution in [0.1, 0.15) is 72.1 Å². The zero-order valence-electron chi connectivity index (χ0n) is 20.0. The third-order valence-corrected chi connectivity index (χ3v) is 7.02. The molecule has 3 unspecified atom stereocenters. The summed E-state index contributed by atoms with van der Waals surface area (Å²) in [5.41, 5.74) is 1.96. The number of hydrogen-bond donors (Lipinski definition) is 1. The SMILES string of the molecule is C/C=C(\C=C/CC1=CC(F)CC(C(=C/C(F)CC)/C=C(/F)CC)C(F)=C1)C1CCC(S)CC1. The molecule has 0 heterocycles. The van der Waals surface area contributed by atoms with Crippen molar-refractivity contribution < 1.29 is 17.6 Å². The second-order valence-electron chi connectivity index (χ2n) is 9.01. The monoisotopic (exact) mass is 482 g/mol. The molecule has 1 fully saturated rings. The second-order valence-corrected chi connectivity index (χ2v) is 9.74. The van der Waals surface area contributed by atoms with Gasteiger partial charge in [-0.1, -0.05) is 32.1 Å². The zero-order chi connectivity index (χ0) is 24.4. The van der Waals surface area contributed by atoms with Gasteiger partial charge in [0.1, 0.15) is 18.2 Å². The Bertz CT molecular complexity index is 810. The average Bonchev–Trinajstić information content (AvgIpc) is 2.94. The van der Waals surface area contributed by atoms with Gasteiger partial charge in [0.25, 0.3) is 0 Å². The van der Waals surface area contributed by atoms with Crippen LogP contribution in [-0.2, 0) is 0 Å². The number of rotatable bonds is 9. The van der Waals surface area contributed by atoms with E-state index in [-0.39, 0.29) is 24.8 Å². The molecule has 0 aromatic carbocycles. The molecule has 2 aliphatic carbocycles. The molecule has 184 valence electrons. The van der Waals surface area contributed by atoms with E-state index >= 15 is 4.39 Å². The minimum atomic E-state index is -1.39. The summed E-state index contributed by atoms with van der Waals surface area (Å²) in [6.07, 6.45) is 13.5. The van der Waals surface area contributed by atoms with Crippen LogP contribution in [0.15, 0.2) is 70.9 Å². The van der Waals surface area contributed by atoms with Gasteiger partial charge in [0, 0.05) is 11.2 Å². The van der Waals surface area contributed by atoms with E-state index in [2.05, 4.69) is 24.8 Å². The van der Waals surface area contributed by atoms with Crippen molar-refractivity contribution >= 4 is 12.6 Å². The summed E-state index contributed by atoms with van der Waals surface area (Å²) >= 11 is 4.56. The molecule has 0 N–H and O–H groups in total. The third kappa shape index (κ3) is 8.99. The standard InChI is InChI=1S/C28H38F4S/c1-4-20(21-10-12-26(33)13-11-21)9-7-8-19-14-25(31)18-27(28(32)15-19)22(16-23(29)5-2)17-24(30)6-3/h4,7,9,14-17,21,23,25-27,33H,5-6,8,10-13,18H2,1-3H3/b9-7-,20-4+,22-16+,24-17+. The molecule has 2 rings (SSSR count). The molecule has 3 atom stereocenters. The fraction of sp³-hybridized carbons (Fsp3) is 0.571. The van der Waals surface area contributed by atoms with Crippen LogP contribution < -0.4 is 0 Å². The van der Waals surface area contributed by atoms with Crippen LogP contribution in [0.4, 0.5) is 17.6 Å². The van der Waals surface area contributed by atoms with E-state index in [1.807, 2.05) is 13.0 Å². The van der Waals surface area contributed by atoms with E-state index in [0.29, 0.717) is 23.2 Å². The van der Waals surface area contributed by atoms with Crippen molar-refractivity contribution in [2.75, 3.05) is 0 Å². The largest absolute Gasteiger partial charge is 0.243 e. The Morgan fingerprint density at radius 2 is 1.88 bits per heavy atom. The highest BCUT2D eigenvalue weighted by Crippen LogP contribution is 2.36. The summed E-state index contributed by atoms with van der Waals surface area (Å²) < 4.78 is 57.9. The molecule has 0 amide bonds. The normalized spacial score (nSPS) is 29.0. The first-order valence-corrected chi connectivity index (χ1v) is 12.7. The molecule has 0 aromatic heterocycles. The predicted molar refractivity (Wildman–Crippen MR) is 135 cm³/mol. The van der Waals surface area contributed by atoms with E-state index in [9.17, 15) is 13.2 Å². The molecule has 2 aliphatic rings. The molecule has 1 saturated carbocycles. The first kappa shape index (κ1) is 27.8. The molecule has 0 spiro atoms. The van der Waals surface area contributed by atoms with Gasteiger partial charge in [0.15, 0.2) is 0 Å². The molecule has 0 radical (unpaired) electrons. The first-order chi connectivity index (χ1) is 15.8. The molecule has 0 nitrogen and oxygen atoms in total. The van der Waals surface area contributed by atoms with Gasteiger partial charge < -0.3 is 0 Å². The fourth-order valence-electron chi connectivity index (χ4n) is 4.47. The fourth-order valence-corrected chi connectivity index (χ4v) is 4.77. The van der Waals surface area contributed by atoms with E-state index in [1.165, 1.54) is 23.8 Å². The molecule has 0 aromatic rings. The summed E-state index contributed by atoms with van der Waals surface area (Å²) in [6.45, 7) is 5.30. The summed E-state index contributed by atoms with van der Waals surface area (Å²) in [4.78, 5) is 0. The van der Waals surface area contributed by atoms with Gasteiger partial charge in [-0.3, -0.25) is 0 Å². The van der Waals surface area contributed by atoms with Crippen molar-refractivity contribution in [3.05, 3.63) is 70.9 Å². The Morgan fingerprint density at radius 3 is 2.48 bits per heavy atom. The summed E-state index contributed by atoms with van der Waals surface area (Å²) in [5.74, 6) is -1.52. The van der Waals surface area contributed by atoms with Crippen LogP contribution in [0.5, 0.6) is 0 Å². The van der Waals surface area contributed by atoms with Crippen molar-refractivity contribution in [2.24, 2.45) is 11.8 Å². The van der Waals surface area contributed by atoms with Crippen LogP contribution in [0.3, 0.4) is 0 Å². The van der Waals surface area contributed by atoms with Gasteiger partial charge in [-0.05, 0) is 105 Å². The molecular formula is C28H38F4S. The quantitative estimate of drug-likeness (QED) is 0.189. The lowest BCUT2D eigenvalue weighted by Crippen LogP contribution is -2.15. The summed E-state index contributed by atoms with van der Waals surface area (Å²) in [6, 6.07) is 0. The van der Waals surface area contributed by atoms with Crippen molar-refractivity contribution in [3.8, 4) is 0 Å².